The van der Waals surface area contributed by atoms with Crippen LogP contribution in [0, 0.1) is 11.8 Å². The monoisotopic (exact) mass is 202 g/mol. The number of carboxylic acid groups (broad SMARTS) is 1. The second-order valence-electron chi connectivity index (χ2n) is 2.43. The van der Waals surface area contributed by atoms with Crippen molar-refractivity contribution in [2.75, 3.05) is 6.54 Å². The molecule has 1 heterocycles. The van der Waals surface area contributed by atoms with Crippen LogP contribution >= 0.6 is 0 Å². The molecule has 0 atom stereocenters. The Bertz CT molecular complexity index is 480. The predicted octanol–water partition coefficient (Wildman–Crippen LogP) is 1.44. The number of hydrogen-bond donors (Lipinski definition) is 1. The number of carbonyl (C=O) groups is 1. The zero-order chi connectivity index (χ0) is 11.1. The van der Waals surface area contributed by atoms with E-state index in [-0.39, 0.29) is 12.2 Å². The van der Waals surface area contributed by atoms with E-state index in [0.717, 1.165) is 0 Å². The topological polar surface area (TPSA) is 99.0 Å². The van der Waals surface area contributed by atoms with E-state index >= 15 is 0 Å². The summed E-state index contributed by atoms with van der Waals surface area (Å²) >= 11 is 0. The molecule has 1 aromatic rings. The van der Waals surface area contributed by atoms with Crippen LogP contribution in [0.25, 0.3) is 10.4 Å². The van der Waals surface area contributed by atoms with Gasteiger partial charge >= 0.3 is 5.97 Å². The van der Waals surface area contributed by atoms with Crippen LogP contribution < -0.4 is 0 Å². The smallest absolute Gasteiger partial charge is 0.354 e. The van der Waals surface area contributed by atoms with E-state index in [1.165, 1.54) is 12.3 Å². The molecule has 74 valence electrons. The molecule has 0 spiro atoms. The predicted molar refractivity (Wildman–Crippen MR) is 52.1 cm³/mol. The number of carboxylic acids is 1. The van der Waals surface area contributed by atoms with E-state index in [9.17, 15) is 4.79 Å². The molecular weight excluding hydrogens is 196 g/mol. The molecule has 1 aromatic heterocycles. The number of hydrogen-bond acceptors (Lipinski definition) is 3. The van der Waals surface area contributed by atoms with Crippen molar-refractivity contribution in [2.45, 2.75) is 0 Å². The van der Waals surface area contributed by atoms with Crippen LogP contribution in [0.5, 0.6) is 0 Å². The molecule has 0 saturated carbocycles. The van der Waals surface area contributed by atoms with Gasteiger partial charge in [0.15, 0.2) is 0 Å². The first-order valence-corrected chi connectivity index (χ1v) is 3.93. The zero-order valence-corrected chi connectivity index (χ0v) is 7.58. The van der Waals surface area contributed by atoms with Gasteiger partial charge in [0.25, 0.3) is 0 Å². The molecule has 0 fully saturated rings. The van der Waals surface area contributed by atoms with Gasteiger partial charge in [0, 0.05) is 16.7 Å². The lowest BCUT2D eigenvalue weighted by Crippen LogP contribution is -1.99. The Morgan fingerprint density at radius 2 is 2.53 bits per heavy atom. The van der Waals surface area contributed by atoms with Crippen molar-refractivity contribution in [3.05, 3.63) is 40.0 Å². The third-order valence-corrected chi connectivity index (χ3v) is 1.42. The Morgan fingerprint density at radius 3 is 3.20 bits per heavy atom. The second-order valence-corrected chi connectivity index (χ2v) is 2.43. The van der Waals surface area contributed by atoms with Crippen molar-refractivity contribution in [3.63, 3.8) is 0 Å². The molecule has 0 unspecified atom stereocenters. The fraction of sp³-hybridized carbons (Fsp3) is 0.111. The molecule has 0 amide bonds. The summed E-state index contributed by atoms with van der Waals surface area (Å²) in [6.07, 6.45) is 1.36. The number of azide groups is 1. The summed E-state index contributed by atoms with van der Waals surface area (Å²) in [6, 6.07) is 2.93. The van der Waals surface area contributed by atoms with E-state index in [1.807, 2.05) is 0 Å². The number of aromatic nitrogens is 1. The first-order chi connectivity index (χ1) is 7.24. The van der Waals surface area contributed by atoms with Crippen LogP contribution in [0.1, 0.15) is 16.1 Å². The van der Waals surface area contributed by atoms with Crippen LogP contribution in [0.4, 0.5) is 0 Å². The lowest BCUT2D eigenvalue weighted by Gasteiger charge is -1.92. The average Bonchev–Trinajstić information content (AvgIpc) is 2.25. The summed E-state index contributed by atoms with van der Waals surface area (Å²) < 4.78 is 0. The minimum absolute atomic E-state index is 0.0568. The van der Waals surface area contributed by atoms with Crippen LogP contribution in [0.15, 0.2) is 23.4 Å². The van der Waals surface area contributed by atoms with E-state index in [4.69, 9.17) is 10.6 Å². The number of nitrogens with zero attached hydrogens (tertiary/aromatic N) is 4. The summed E-state index contributed by atoms with van der Waals surface area (Å²) in [7, 11) is 0. The third-order valence-electron chi connectivity index (χ3n) is 1.42. The highest BCUT2D eigenvalue weighted by atomic mass is 16.4. The molecule has 6 nitrogen and oxygen atoms in total. The fourth-order valence-electron chi connectivity index (χ4n) is 0.834. The van der Waals surface area contributed by atoms with Crippen molar-refractivity contribution in [3.8, 4) is 11.8 Å². The third kappa shape index (κ3) is 3.38. The van der Waals surface area contributed by atoms with Gasteiger partial charge in [-0.15, -0.1) is 0 Å². The molecule has 0 bridgehead atoms. The van der Waals surface area contributed by atoms with Crippen LogP contribution in [-0.4, -0.2) is 22.6 Å². The maximum Gasteiger partial charge on any atom is 0.354 e. The first kappa shape index (κ1) is 10.6. The Labute approximate surface area is 85.2 Å². The van der Waals surface area contributed by atoms with E-state index < -0.39 is 5.97 Å². The van der Waals surface area contributed by atoms with E-state index in [1.54, 1.807) is 6.07 Å². The van der Waals surface area contributed by atoms with Crippen molar-refractivity contribution in [1.82, 2.24) is 4.98 Å². The van der Waals surface area contributed by atoms with Crippen LogP contribution in [-0.2, 0) is 0 Å². The molecule has 1 N–H and O–H groups in total. The van der Waals surface area contributed by atoms with Gasteiger partial charge in [-0.1, -0.05) is 17.0 Å². The van der Waals surface area contributed by atoms with Gasteiger partial charge in [-0.25, -0.2) is 9.78 Å². The van der Waals surface area contributed by atoms with Gasteiger partial charge in [-0.05, 0) is 17.7 Å². The number of rotatable bonds is 2. The Kier molecular flexibility index (Phi) is 3.71. The summed E-state index contributed by atoms with van der Waals surface area (Å²) in [5.74, 6) is 4.13. The Hall–Kier alpha value is -2.51. The normalized spacial score (nSPS) is 8.27. The molecule has 1 rings (SSSR count). The maximum absolute atomic E-state index is 10.6. The first-order valence-electron chi connectivity index (χ1n) is 3.93. The average molecular weight is 202 g/mol. The lowest BCUT2D eigenvalue weighted by molar-refractivity contribution is 0.0690. The van der Waals surface area contributed by atoms with Gasteiger partial charge in [-0.3, -0.25) is 0 Å². The summed E-state index contributed by atoms with van der Waals surface area (Å²) in [5, 5.41) is 11.9. The zero-order valence-electron chi connectivity index (χ0n) is 7.58. The summed E-state index contributed by atoms with van der Waals surface area (Å²) in [4.78, 5) is 16.7. The van der Waals surface area contributed by atoms with Gasteiger partial charge < -0.3 is 5.11 Å². The van der Waals surface area contributed by atoms with Crippen molar-refractivity contribution in [2.24, 2.45) is 5.11 Å². The summed E-state index contributed by atoms with van der Waals surface area (Å²) in [6.45, 7) is 0.0568. The molecule has 0 aliphatic carbocycles. The summed E-state index contributed by atoms with van der Waals surface area (Å²) in [5.41, 5.74) is 8.44. The van der Waals surface area contributed by atoms with Crippen LogP contribution in [0.2, 0.25) is 0 Å². The highest BCUT2D eigenvalue weighted by Crippen LogP contribution is 1.99. The fourth-order valence-corrected chi connectivity index (χ4v) is 0.834. The molecule has 0 aliphatic rings. The van der Waals surface area contributed by atoms with Crippen molar-refractivity contribution in [1.29, 1.82) is 0 Å². The van der Waals surface area contributed by atoms with Crippen molar-refractivity contribution >= 4 is 5.97 Å². The highest BCUT2D eigenvalue weighted by molar-refractivity contribution is 5.85. The molecule has 0 aliphatic heterocycles. The number of pyridine rings is 1. The molecule has 15 heavy (non-hydrogen) atoms. The standard InChI is InChI=1S/C9H6N4O2/c10-13-12-4-1-2-7-3-5-11-8(6-7)9(14)15/h3,5-6H,4H2,(H,14,15). The van der Waals surface area contributed by atoms with Gasteiger partial charge in [-0.2, -0.15) is 0 Å². The molecule has 6 heteroatoms. The largest absolute Gasteiger partial charge is 0.477 e. The van der Waals surface area contributed by atoms with Gasteiger partial charge in [0.1, 0.15) is 5.69 Å². The minimum Gasteiger partial charge on any atom is -0.477 e. The number of aromatic carboxylic acids is 1. The van der Waals surface area contributed by atoms with Crippen molar-refractivity contribution < 1.29 is 9.90 Å². The maximum atomic E-state index is 10.6. The molecule has 0 aromatic carbocycles. The SMILES string of the molecule is [N-]=[N+]=NCC#Cc1ccnc(C(=O)O)c1. The van der Waals surface area contributed by atoms with E-state index in [0.29, 0.717) is 5.56 Å². The second kappa shape index (κ2) is 5.27. The highest BCUT2D eigenvalue weighted by Gasteiger charge is 2.02. The lowest BCUT2D eigenvalue weighted by atomic mass is 10.2. The molecular formula is C9H6N4O2. The van der Waals surface area contributed by atoms with E-state index in [2.05, 4.69) is 26.9 Å². The Morgan fingerprint density at radius 1 is 1.73 bits per heavy atom. The quantitative estimate of drug-likeness (QED) is 0.340. The van der Waals surface area contributed by atoms with Crippen LogP contribution in [0.3, 0.4) is 0 Å². The van der Waals surface area contributed by atoms with Gasteiger partial charge in [0.05, 0.1) is 6.54 Å². The van der Waals surface area contributed by atoms with Gasteiger partial charge in [0.2, 0.25) is 0 Å². The molecule has 0 saturated heterocycles. The minimum atomic E-state index is -1.10. The molecule has 0 radical (unpaired) electrons. The Balaban J connectivity index is 2.84.